The summed E-state index contributed by atoms with van der Waals surface area (Å²) < 4.78 is 29.3. The molecular weight excluding hydrogens is 244 g/mol. The number of hydrogen-bond donors (Lipinski definition) is 0. The van der Waals surface area contributed by atoms with Crippen LogP contribution in [0.1, 0.15) is 27.7 Å². The standard InChI is InChI=1S/C12H21F2NO3/c1-6-18-11(17)9(12(2,3)4)10(16)15(5)7-8(13)14/h8-9H,6-7H2,1-5H3. The molecule has 0 fully saturated rings. The highest BCUT2D eigenvalue weighted by Gasteiger charge is 2.40. The maximum Gasteiger partial charge on any atom is 0.319 e. The molecule has 0 rings (SSSR count). The van der Waals surface area contributed by atoms with Gasteiger partial charge in [-0.1, -0.05) is 20.8 Å². The van der Waals surface area contributed by atoms with Crippen LogP contribution in [-0.4, -0.2) is 43.4 Å². The van der Waals surface area contributed by atoms with Crippen LogP contribution in [-0.2, 0) is 14.3 Å². The van der Waals surface area contributed by atoms with Crippen LogP contribution in [0.15, 0.2) is 0 Å². The van der Waals surface area contributed by atoms with Crippen LogP contribution in [0.3, 0.4) is 0 Å². The van der Waals surface area contributed by atoms with Gasteiger partial charge in [-0.2, -0.15) is 0 Å². The first-order valence-corrected chi connectivity index (χ1v) is 5.81. The van der Waals surface area contributed by atoms with Gasteiger partial charge in [-0.25, -0.2) is 8.78 Å². The van der Waals surface area contributed by atoms with E-state index < -0.39 is 36.2 Å². The van der Waals surface area contributed by atoms with Gasteiger partial charge in [0.2, 0.25) is 5.91 Å². The molecule has 0 spiro atoms. The Labute approximate surface area is 106 Å². The lowest BCUT2D eigenvalue weighted by molar-refractivity contribution is -0.160. The third-order valence-electron chi connectivity index (χ3n) is 2.42. The molecule has 4 nitrogen and oxygen atoms in total. The Morgan fingerprint density at radius 1 is 1.28 bits per heavy atom. The Kier molecular flexibility index (Phi) is 6.21. The number of hydrogen-bond acceptors (Lipinski definition) is 3. The summed E-state index contributed by atoms with van der Waals surface area (Å²) >= 11 is 0. The van der Waals surface area contributed by atoms with Gasteiger partial charge < -0.3 is 9.64 Å². The van der Waals surface area contributed by atoms with Gasteiger partial charge in [0.25, 0.3) is 6.43 Å². The van der Waals surface area contributed by atoms with E-state index >= 15 is 0 Å². The molecule has 1 amide bonds. The molecule has 0 aromatic carbocycles. The van der Waals surface area contributed by atoms with Crippen molar-refractivity contribution in [2.45, 2.75) is 34.1 Å². The van der Waals surface area contributed by atoms with Crippen molar-refractivity contribution in [3.63, 3.8) is 0 Å². The second kappa shape index (κ2) is 6.66. The van der Waals surface area contributed by atoms with Crippen molar-refractivity contribution < 1.29 is 23.1 Å². The highest BCUT2D eigenvalue weighted by molar-refractivity contribution is 5.98. The van der Waals surface area contributed by atoms with E-state index in [4.69, 9.17) is 4.74 Å². The average molecular weight is 265 g/mol. The fourth-order valence-corrected chi connectivity index (χ4v) is 1.57. The number of rotatable bonds is 5. The Bertz CT molecular complexity index is 300. The molecule has 0 saturated heterocycles. The number of nitrogens with zero attached hydrogens (tertiary/aromatic N) is 1. The maximum absolute atomic E-state index is 12.2. The summed E-state index contributed by atoms with van der Waals surface area (Å²) in [5.74, 6) is -2.38. The van der Waals surface area contributed by atoms with Crippen molar-refractivity contribution in [3.05, 3.63) is 0 Å². The van der Waals surface area contributed by atoms with Crippen LogP contribution in [0.2, 0.25) is 0 Å². The molecule has 0 radical (unpaired) electrons. The van der Waals surface area contributed by atoms with E-state index in [0.717, 1.165) is 4.90 Å². The van der Waals surface area contributed by atoms with Gasteiger partial charge in [0.05, 0.1) is 13.2 Å². The molecule has 6 heteroatoms. The minimum Gasteiger partial charge on any atom is -0.465 e. The summed E-state index contributed by atoms with van der Waals surface area (Å²) in [5, 5.41) is 0. The first-order valence-electron chi connectivity index (χ1n) is 5.81. The van der Waals surface area contributed by atoms with Gasteiger partial charge in [0.15, 0.2) is 0 Å². The van der Waals surface area contributed by atoms with E-state index in [-0.39, 0.29) is 6.61 Å². The number of carbonyl (C=O) groups is 2. The second-order valence-electron chi connectivity index (χ2n) is 5.16. The smallest absolute Gasteiger partial charge is 0.319 e. The molecule has 0 heterocycles. The number of alkyl halides is 2. The number of ether oxygens (including phenoxy) is 1. The molecule has 18 heavy (non-hydrogen) atoms. The highest BCUT2D eigenvalue weighted by Crippen LogP contribution is 2.28. The minimum atomic E-state index is -2.62. The predicted molar refractivity (Wildman–Crippen MR) is 63.2 cm³/mol. The summed E-state index contributed by atoms with van der Waals surface area (Å²) in [6.45, 7) is 6.18. The third-order valence-corrected chi connectivity index (χ3v) is 2.42. The second-order valence-corrected chi connectivity index (χ2v) is 5.16. The van der Waals surface area contributed by atoms with Crippen LogP contribution < -0.4 is 0 Å². The van der Waals surface area contributed by atoms with Crippen molar-refractivity contribution in [1.82, 2.24) is 4.90 Å². The van der Waals surface area contributed by atoms with Crippen LogP contribution in [0.25, 0.3) is 0 Å². The molecule has 1 unspecified atom stereocenters. The van der Waals surface area contributed by atoms with Crippen LogP contribution >= 0.6 is 0 Å². The van der Waals surface area contributed by atoms with Crippen molar-refractivity contribution in [2.75, 3.05) is 20.2 Å². The van der Waals surface area contributed by atoms with E-state index in [1.165, 1.54) is 7.05 Å². The number of amides is 1. The maximum atomic E-state index is 12.2. The van der Waals surface area contributed by atoms with Gasteiger partial charge in [-0.3, -0.25) is 9.59 Å². The molecule has 0 N–H and O–H groups in total. The zero-order valence-corrected chi connectivity index (χ0v) is 11.5. The molecule has 0 aliphatic carbocycles. The Balaban J connectivity index is 4.98. The number of esters is 1. The summed E-state index contributed by atoms with van der Waals surface area (Å²) in [6.07, 6.45) is -2.62. The monoisotopic (exact) mass is 265 g/mol. The van der Waals surface area contributed by atoms with Gasteiger partial charge in [-0.05, 0) is 12.3 Å². The number of carbonyl (C=O) groups excluding carboxylic acids is 2. The molecule has 0 saturated carbocycles. The molecule has 0 aromatic rings. The summed E-state index contributed by atoms with van der Waals surface area (Å²) in [5.41, 5.74) is -0.681. The van der Waals surface area contributed by atoms with E-state index in [2.05, 4.69) is 0 Å². The summed E-state index contributed by atoms with van der Waals surface area (Å²) in [7, 11) is 1.26. The minimum absolute atomic E-state index is 0.150. The topological polar surface area (TPSA) is 46.6 Å². The zero-order valence-electron chi connectivity index (χ0n) is 11.5. The van der Waals surface area contributed by atoms with Crippen molar-refractivity contribution in [1.29, 1.82) is 0 Å². The Hall–Kier alpha value is -1.20. The molecule has 0 aliphatic heterocycles. The van der Waals surface area contributed by atoms with Crippen LogP contribution in [0, 0.1) is 11.3 Å². The highest BCUT2D eigenvalue weighted by atomic mass is 19.3. The molecular formula is C12H21F2NO3. The largest absolute Gasteiger partial charge is 0.465 e. The summed E-state index contributed by atoms with van der Waals surface area (Å²) in [4.78, 5) is 24.7. The van der Waals surface area contributed by atoms with Crippen LogP contribution in [0.4, 0.5) is 8.78 Å². The fraction of sp³-hybridized carbons (Fsp3) is 0.833. The fourth-order valence-electron chi connectivity index (χ4n) is 1.57. The lowest BCUT2D eigenvalue weighted by Gasteiger charge is -2.31. The third kappa shape index (κ3) is 4.98. The summed E-state index contributed by atoms with van der Waals surface area (Å²) in [6, 6.07) is 0. The van der Waals surface area contributed by atoms with E-state index in [1.807, 2.05) is 0 Å². The average Bonchev–Trinajstić information content (AvgIpc) is 2.14. The Morgan fingerprint density at radius 3 is 2.11 bits per heavy atom. The van der Waals surface area contributed by atoms with E-state index in [9.17, 15) is 18.4 Å². The van der Waals surface area contributed by atoms with Crippen molar-refractivity contribution >= 4 is 11.9 Å². The van der Waals surface area contributed by atoms with Gasteiger partial charge in [0.1, 0.15) is 5.92 Å². The first-order chi connectivity index (χ1) is 8.11. The van der Waals surface area contributed by atoms with Crippen LogP contribution in [0.5, 0.6) is 0 Å². The predicted octanol–water partition coefficient (Wildman–Crippen LogP) is 1.94. The Morgan fingerprint density at radius 2 is 1.78 bits per heavy atom. The SMILES string of the molecule is CCOC(=O)C(C(=O)N(C)CC(F)F)C(C)(C)C. The van der Waals surface area contributed by atoms with Gasteiger partial charge in [-0.15, -0.1) is 0 Å². The molecule has 0 bridgehead atoms. The molecule has 0 aromatic heterocycles. The quantitative estimate of drug-likeness (QED) is 0.563. The van der Waals surface area contributed by atoms with Crippen molar-refractivity contribution in [3.8, 4) is 0 Å². The molecule has 1 atom stereocenters. The van der Waals surface area contributed by atoms with Crippen molar-refractivity contribution in [2.24, 2.45) is 11.3 Å². The van der Waals surface area contributed by atoms with Gasteiger partial charge >= 0.3 is 5.97 Å². The van der Waals surface area contributed by atoms with E-state index in [1.54, 1.807) is 27.7 Å². The first kappa shape index (κ1) is 16.8. The van der Waals surface area contributed by atoms with E-state index in [0.29, 0.717) is 0 Å². The normalized spacial score (nSPS) is 13.3. The number of halogens is 2. The zero-order chi connectivity index (χ0) is 14.5. The molecule has 106 valence electrons. The van der Waals surface area contributed by atoms with Gasteiger partial charge in [0, 0.05) is 7.05 Å². The lowest BCUT2D eigenvalue weighted by atomic mass is 9.80. The molecule has 0 aliphatic rings. The lowest BCUT2D eigenvalue weighted by Crippen LogP contribution is -2.45.